The first-order chi connectivity index (χ1) is 5.62. The van der Waals surface area contributed by atoms with Crippen LogP contribution in [-0.2, 0) is 4.74 Å². The smallest absolute Gasteiger partial charge is 0.0536 e. The number of nitrogens with zero attached hydrogens (tertiary/aromatic N) is 1. The van der Waals surface area contributed by atoms with Crippen molar-refractivity contribution in [1.82, 2.24) is 4.90 Å². The van der Waals surface area contributed by atoms with Crippen LogP contribution in [0.4, 0.5) is 0 Å². The number of hydrogen-bond acceptors (Lipinski definition) is 2. The van der Waals surface area contributed by atoms with E-state index in [0.29, 0.717) is 11.5 Å². The van der Waals surface area contributed by atoms with E-state index in [2.05, 4.69) is 25.7 Å². The third-order valence-corrected chi connectivity index (χ3v) is 3.49. The van der Waals surface area contributed by atoms with Crippen LogP contribution in [0.15, 0.2) is 0 Å². The quantitative estimate of drug-likeness (QED) is 0.587. The molecule has 0 radical (unpaired) electrons. The van der Waals surface area contributed by atoms with Crippen molar-refractivity contribution in [3.8, 4) is 0 Å². The van der Waals surface area contributed by atoms with Crippen LogP contribution < -0.4 is 0 Å². The molecular weight excluding hydrogens is 150 g/mol. The van der Waals surface area contributed by atoms with Crippen molar-refractivity contribution in [3.63, 3.8) is 0 Å². The number of hydrogen-bond donors (Lipinski definition) is 0. The highest BCUT2D eigenvalue weighted by atomic mass is 16.5. The van der Waals surface area contributed by atoms with E-state index in [1.165, 1.54) is 13.1 Å². The molecule has 0 aromatic carbocycles. The number of ether oxygens (including phenoxy) is 1. The summed E-state index contributed by atoms with van der Waals surface area (Å²) in [6, 6.07) is 0.701. The average Bonchev–Trinajstić information content (AvgIpc) is 2.41. The van der Waals surface area contributed by atoms with Gasteiger partial charge in [0.1, 0.15) is 0 Å². The Morgan fingerprint density at radius 1 is 1.50 bits per heavy atom. The van der Waals surface area contributed by atoms with Crippen molar-refractivity contribution in [3.05, 3.63) is 0 Å². The van der Waals surface area contributed by atoms with Crippen LogP contribution in [0, 0.1) is 11.3 Å². The van der Waals surface area contributed by atoms with Gasteiger partial charge in [-0.15, -0.1) is 0 Å². The Balaban J connectivity index is 2.06. The molecule has 2 saturated heterocycles. The van der Waals surface area contributed by atoms with Gasteiger partial charge in [-0.2, -0.15) is 0 Å². The van der Waals surface area contributed by atoms with Crippen LogP contribution in [0.3, 0.4) is 0 Å². The molecule has 70 valence electrons. The monoisotopic (exact) mass is 169 g/mol. The topological polar surface area (TPSA) is 12.5 Å². The molecule has 2 unspecified atom stereocenters. The largest absolute Gasteiger partial charge is 0.380 e. The average molecular weight is 169 g/mol. The summed E-state index contributed by atoms with van der Waals surface area (Å²) >= 11 is 0. The summed E-state index contributed by atoms with van der Waals surface area (Å²) in [6.45, 7) is 11.4. The fraction of sp³-hybridized carbons (Fsp3) is 1.00. The highest BCUT2D eigenvalue weighted by Gasteiger charge is 2.47. The second-order valence-electron chi connectivity index (χ2n) is 4.89. The molecule has 2 aliphatic heterocycles. The van der Waals surface area contributed by atoms with Gasteiger partial charge in [-0.3, -0.25) is 4.90 Å². The van der Waals surface area contributed by atoms with Crippen LogP contribution in [0.5, 0.6) is 0 Å². The first kappa shape index (κ1) is 8.52. The molecule has 2 atom stereocenters. The SMILES string of the molecule is CC(C)N1CC2COCC2(C)C1. The molecule has 2 heteroatoms. The van der Waals surface area contributed by atoms with Gasteiger partial charge in [0.25, 0.3) is 0 Å². The van der Waals surface area contributed by atoms with Gasteiger partial charge >= 0.3 is 0 Å². The van der Waals surface area contributed by atoms with E-state index in [4.69, 9.17) is 4.74 Å². The van der Waals surface area contributed by atoms with Gasteiger partial charge in [0.2, 0.25) is 0 Å². The van der Waals surface area contributed by atoms with E-state index in [0.717, 1.165) is 19.1 Å². The summed E-state index contributed by atoms with van der Waals surface area (Å²) in [5, 5.41) is 0. The van der Waals surface area contributed by atoms with Crippen molar-refractivity contribution in [2.75, 3.05) is 26.3 Å². The molecule has 2 heterocycles. The molecule has 0 bridgehead atoms. The zero-order chi connectivity index (χ0) is 8.77. The van der Waals surface area contributed by atoms with Gasteiger partial charge in [0.05, 0.1) is 13.2 Å². The van der Waals surface area contributed by atoms with Crippen LogP contribution in [0.2, 0.25) is 0 Å². The highest BCUT2D eigenvalue weighted by molar-refractivity contribution is 4.97. The molecular formula is C10H19NO. The number of rotatable bonds is 1. The van der Waals surface area contributed by atoms with E-state index in [1.54, 1.807) is 0 Å². The van der Waals surface area contributed by atoms with Crippen LogP contribution in [0.25, 0.3) is 0 Å². The molecule has 0 aromatic rings. The second-order valence-corrected chi connectivity index (χ2v) is 4.89. The van der Waals surface area contributed by atoms with Gasteiger partial charge in [0.15, 0.2) is 0 Å². The Labute approximate surface area is 74.9 Å². The van der Waals surface area contributed by atoms with Gasteiger partial charge in [-0.25, -0.2) is 0 Å². The standard InChI is InChI=1S/C10H19NO/c1-8(2)11-4-9-5-12-7-10(9,3)6-11/h8-9H,4-7H2,1-3H3. The van der Waals surface area contributed by atoms with Crippen LogP contribution >= 0.6 is 0 Å². The summed E-state index contributed by atoms with van der Waals surface area (Å²) < 4.78 is 5.52. The molecule has 2 rings (SSSR count). The van der Waals surface area contributed by atoms with Gasteiger partial charge in [-0.1, -0.05) is 6.92 Å². The Hall–Kier alpha value is -0.0800. The minimum atomic E-state index is 0.463. The van der Waals surface area contributed by atoms with Crippen molar-refractivity contribution in [2.24, 2.45) is 11.3 Å². The van der Waals surface area contributed by atoms with E-state index in [9.17, 15) is 0 Å². The first-order valence-corrected chi connectivity index (χ1v) is 4.93. The third-order valence-electron chi connectivity index (χ3n) is 3.49. The van der Waals surface area contributed by atoms with Gasteiger partial charge in [-0.05, 0) is 13.8 Å². The lowest BCUT2D eigenvalue weighted by Crippen LogP contribution is -2.32. The summed E-state index contributed by atoms with van der Waals surface area (Å²) in [7, 11) is 0. The zero-order valence-electron chi connectivity index (χ0n) is 8.34. The Kier molecular flexibility index (Phi) is 1.92. The van der Waals surface area contributed by atoms with E-state index in [-0.39, 0.29) is 0 Å². The molecule has 0 spiro atoms. The van der Waals surface area contributed by atoms with E-state index >= 15 is 0 Å². The van der Waals surface area contributed by atoms with Crippen molar-refractivity contribution in [1.29, 1.82) is 0 Å². The predicted molar refractivity (Wildman–Crippen MR) is 49.1 cm³/mol. The fourth-order valence-electron chi connectivity index (χ4n) is 2.41. The highest BCUT2D eigenvalue weighted by Crippen LogP contribution is 2.41. The van der Waals surface area contributed by atoms with Crippen molar-refractivity contribution < 1.29 is 4.74 Å². The van der Waals surface area contributed by atoms with Crippen molar-refractivity contribution >= 4 is 0 Å². The molecule has 0 N–H and O–H groups in total. The second kappa shape index (κ2) is 2.71. The molecule has 2 nitrogen and oxygen atoms in total. The lowest BCUT2D eigenvalue weighted by molar-refractivity contribution is 0.126. The molecule has 0 amide bonds. The van der Waals surface area contributed by atoms with E-state index in [1.807, 2.05) is 0 Å². The van der Waals surface area contributed by atoms with Gasteiger partial charge < -0.3 is 4.74 Å². The van der Waals surface area contributed by atoms with Gasteiger partial charge in [0, 0.05) is 30.5 Å². The lowest BCUT2D eigenvalue weighted by Gasteiger charge is -2.24. The summed E-state index contributed by atoms with van der Waals surface area (Å²) in [5.41, 5.74) is 0.463. The molecule has 2 fully saturated rings. The maximum absolute atomic E-state index is 5.52. The van der Waals surface area contributed by atoms with E-state index < -0.39 is 0 Å². The number of likely N-dealkylation sites (tertiary alicyclic amines) is 1. The molecule has 2 aliphatic rings. The molecule has 0 saturated carbocycles. The third kappa shape index (κ3) is 1.17. The Morgan fingerprint density at radius 2 is 2.25 bits per heavy atom. The number of fused-ring (bicyclic) bond motifs is 1. The van der Waals surface area contributed by atoms with Crippen LogP contribution in [-0.4, -0.2) is 37.2 Å². The minimum absolute atomic E-state index is 0.463. The summed E-state index contributed by atoms with van der Waals surface area (Å²) in [4.78, 5) is 2.58. The molecule has 12 heavy (non-hydrogen) atoms. The lowest BCUT2D eigenvalue weighted by atomic mass is 9.83. The zero-order valence-corrected chi connectivity index (χ0v) is 8.34. The van der Waals surface area contributed by atoms with Crippen molar-refractivity contribution in [2.45, 2.75) is 26.8 Å². The Bertz CT molecular complexity index is 181. The predicted octanol–water partition coefficient (Wildman–Crippen LogP) is 1.36. The fourth-order valence-corrected chi connectivity index (χ4v) is 2.41. The molecule has 0 aromatic heterocycles. The summed E-state index contributed by atoms with van der Waals surface area (Å²) in [6.07, 6.45) is 0. The van der Waals surface area contributed by atoms with Crippen LogP contribution in [0.1, 0.15) is 20.8 Å². The normalized spacial score (nSPS) is 42.5. The maximum Gasteiger partial charge on any atom is 0.0536 e. The Morgan fingerprint density at radius 3 is 2.83 bits per heavy atom. The molecule has 0 aliphatic carbocycles. The summed E-state index contributed by atoms with van der Waals surface area (Å²) in [5.74, 6) is 0.792. The maximum atomic E-state index is 5.52. The first-order valence-electron chi connectivity index (χ1n) is 4.93. The minimum Gasteiger partial charge on any atom is -0.380 e.